The number of unbranched alkanes of at least 4 members (excludes halogenated alkanes) is 3. The van der Waals surface area contributed by atoms with Crippen molar-refractivity contribution in [1.82, 2.24) is 5.48 Å². The Morgan fingerprint density at radius 3 is 2.33 bits per heavy atom. The van der Waals surface area contributed by atoms with Gasteiger partial charge in [-0.3, -0.25) is 19.0 Å². The number of allylic oxidation sites excluding steroid dienone is 4. The predicted octanol–water partition coefficient (Wildman–Crippen LogP) is 5.28. The lowest BCUT2D eigenvalue weighted by atomic mass is 10.0. The van der Waals surface area contributed by atoms with Gasteiger partial charge in [-0.1, -0.05) is 38.7 Å². The molecule has 1 aromatic carbocycles. The minimum Gasteiger partial charge on any atom is -0.497 e. The molecule has 0 spiro atoms. The van der Waals surface area contributed by atoms with Gasteiger partial charge in [0.1, 0.15) is 22.1 Å². The van der Waals surface area contributed by atoms with Gasteiger partial charge in [0.25, 0.3) is 5.91 Å². The first-order valence-electron chi connectivity index (χ1n) is 10.6. The van der Waals surface area contributed by atoms with Crippen molar-refractivity contribution in [2.75, 3.05) is 13.4 Å². The largest absolute Gasteiger partial charge is 0.497 e. The lowest BCUT2D eigenvalue weighted by Gasteiger charge is -2.24. The van der Waals surface area contributed by atoms with Crippen molar-refractivity contribution in [1.29, 1.82) is 0 Å². The Kier molecular flexibility index (Phi) is 14.3. The molecule has 33 heavy (non-hydrogen) atoms. The van der Waals surface area contributed by atoms with Crippen LogP contribution in [0.5, 0.6) is 5.75 Å². The van der Waals surface area contributed by atoms with Crippen molar-refractivity contribution in [3.05, 3.63) is 47.6 Å². The van der Waals surface area contributed by atoms with Crippen LogP contribution < -0.4 is 10.2 Å². The van der Waals surface area contributed by atoms with Crippen LogP contribution in [0.25, 0.3) is 5.57 Å². The minimum atomic E-state index is -1.28. The minimum absolute atomic E-state index is 0.0293. The zero-order valence-electron chi connectivity index (χ0n) is 20.2. The van der Waals surface area contributed by atoms with E-state index < -0.39 is 33.1 Å². The zero-order valence-corrected chi connectivity index (χ0v) is 21.0. The van der Waals surface area contributed by atoms with Crippen molar-refractivity contribution >= 4 is 28.1 Å². The Bertz CT molecular complexity index is 886. The highest BCUT2D eigenvalue weighted by Gasteiger charge is 2.36. The molecule has 1 rings (SSSR count). The molecule has 2 atom stereocenters. The van der Waals surface area contributed by atoms with Gasteiger partial charge >= 0.3 is 0 Å². The number of amides is 1. The van der Waals surface area contributed by atoms with Crippen molar-refractivity contribution in [3.63, 3.8) is 0 Å². The van der Waals surface area contributed by atoms with Crippen LogP contribution in [-0.4, -0.2) is 39.2 Å². The Morgan fingerprint density at radius 2 is 1.91 bits per heavy atom. The molecule has 6 nitrogen and oxygen atoms in total. The number of rotatable bonds is 11. The van der Waals surface area contributed by atoms with Crippen LogP contribution >= 0.6 is 0 Å². The highest BCUT2D eigenvalue weighted by Crippen LogP contribution is 2.28. The summed E-state index contributed by atoms with van der Waals surface area (Å²) in [4.78, 5) is 22.4. The molecule has 0 aliphatic rings. The molecule has 1 aromatic rings. The fourth-order valence-corrected chi connectivity index (χ4v) is 3.61. The molecule has 9 heteroatoms. The monoisotopic (exact) mass is 487 g/mol. The summed E-state index contributed by atoms with van der Waals surface area (Å²) in [6.45, 7) is 6.49. The number of ether oxygens (including phenoxy) is 1. The van der Waals surface area contributed by atoms with E-state index in [2.05, 4.69) is 6.92 Å². The second kappa shape index (κ2) is 15.4. The van der Waals surface area contributed by atoms with Crippen LogP contribution in [0.2, 0.25) is 0 Å². The first-order chi connectivity index (χ1) is 15.5. The summed E-state index contributed by atoms with van der Waals surface area (Å²) in [6, 6.07) is 4.04. The van der Waals surface area contributed by atoms with Gasteiger partial charge in [0, 0.05) is 34.3 Å². The summed E-state index contributed by atoms with van der Waals surface area (Å²) in [5, 5.41) is 8.59. The molecule has 0 radical (unpaired) electrons. The van der Waals surface area contributed by atoms with Gasteiger partial charge in [-0.15, -0.1) is 0 Å². The predicted molar refractivity (Wildman–Crippen MR) is 128 cm³/mol. The van der Waals surface area contributed by atoms with Crippen LogP contribution in [0.15, 0.2) is 36.2 Å². The molecule has 0 aliphatic heterocycles. The smallest absolute Gasteiger partial charge is 0.261 e. The number of methoxy groups -OCH3 is 1. The maximum Gasteiger partial charge on any atom is 0.261 e. The van der Waals surface area contributed by atoms with Crippen molar-refractivity contribution < 1.29 is 32.5 Å². The van der Waals surface area contributed by atoms with E-state index in [-0.39, 0.29) is 16.9 Å². The van der Waals surface area contributed by atoms with E-state index in [1.54, 1.807) is 12.4 Å². The second-order valence-corrected chi connectivity index (χ2v) is 9.40. The molecular formula is C24H35F2NO5S. The third kappa shape index (κ3) is 9.96. The topological polar surface area (TPSA) is 92.7 Å². The van der Waals surface area contributed by atoms with Gasteiger partial charge in [0.15, 0.2) is 5.78 Å². The summed E-state index contributed by atoms with van der Waals surface area (Å²) in [5.74, 6) is -1.86. The molecule has 0 saturated heterocycles. The average Bonchev–Trinajstić information content (AvgIpc) is 2.79. The number of hydrogen-bond acceptors (Lipinski definition) is 5. The van der Waals surface area contributed by atoms with Crippen LogP contribution in [0.1, 0.15) is 65.4 Å². The van der Waals surface area contributed by atoms with Crippen molar-refractivity contribution in [2.24, 2.45) is 0 Å². The van der Waals surface area contributed by atoms with Crippen molar-refractivity contribution in [2.45, 2.75) is 64.5 Å². The zero-order chi connectivity index (χ0) is 25.6. The number of benzene rings is 1. The van der Waals surface area contributed by atoms with E-state index in [0.29, 0.717) is 12.2 Å². The molecule has 2 unspecified atom stereocenters. The number of ketones is 1. The fourth-order valence-electron chi connectivity index (χ4n) is 2.87. The van der Waals surface area contributed by atoms with Crippen LogP contribution in [0, 0.1) is 5.82 Å². The number of hydroxylamine groups is 1. The molecule has 186 valence electrons. The SMILES string of the molecule is C/C=C(F)\C(=C/C(C)=O)c1ccc(OC)cc1F.CCCCCCC(C)(C(=O)NO)S(C)=O. The van der Waals surface area contributed by atoms with E-state index in [1.165, 1.54) is 45.4 Å². The number of nitrogens with one attached hydrogen (secondary N) is 1. The highest BCUT2D eigenvalue weighted by molar-refractivity contribution is 7.86. The average molecular weight is 488 g/mol. The number of hydrogen-bond donors (Lipinski definition) is 2. The maximum atomic E-state index is 13.8. The van der Waals surface area contributed by atoms with E-state index in [1.807, 2.05) is 0 Å². The Hall–Kier alpha value is -2.39. The maximum absolute atomic E-state index is 13.8. The van der Waals surface area contributed by atoms with Gasteiger partial charge in [-0.2, -0.15) is 0 Å². The summed E-state index contributed by atoms with van der Waals surface area (Å²) in [5.41, 5.74) is 1.56. The van der Waals surface area contributed by atoms with E-state index in [9.17, 15) is 22.6 Å². The Labute approximate surface area is 197 Å². The first-order valence-corrected chi connectivity index (χ1v) is 12.2. The fraction of sp³-hybridized carbons (Fsp3) is 0.500. The van der Waals surface area contributed by atoms with Gasteiger partial charge in [-0.25, -0.2) is 14.3 Å². The molecule has 0 aromatic heterocycles. The molecule has 1 amide bonds. The summed E-state index contributed by atoms with van der Waals surface area (Å²) in [7, 11) is 0.134. The number of carbonyl (C=O) groups excluding carboxylic acids is 2. The molecule has 0 bridgehead atoms. The van der Waals surface area contributed by atoms with E-state index >= 15 is 0 Å². The van der Waals surface area contributed by atoms with Crippen LogP contribution in [0.3, 0.4) is 0 Å². The Morgan fingerprint density at radius 1 is 1.27 bits per heavy atom. The summed E-state index contributed by atoms with van der Waals surface area (Å²) in [6.07, 6.45) is 8.42. The third-order valence-corrected chi connectivity index (χ3v) is 6.71. The van der Waals surface area contributed by atoms with Gasteiger partial charge < -0.3 is 4.74 Å². The van der Waals surface area contributed by atoms with E-state index in [4.69, 9.17) is 9.94 Å². The Balaban J connectivity index is 0.000000633. The molecule has 0 heterocycles. The number of carbonyl (C=O) groups is 2. The molecule has 0 aliphatic carbocycles. The molecule has 0 fully saturated rings. The molecule has 0 saturated carbocycles. The van der Waals surface area contributed by atoms with Crippen molar-refractivity contribution in [3.8, 4) is 5.75 Å². The normalized spacial score (nSPS) is 14.5. The molecular weight excluding hydrogens is 452 g/mol. The third-order valence-electron chi connectivity index (χ3n) is 5.05. The van der Waals surface area contributed by atoms with Gasteiger partial charge in [0.2, 0.25) is 0 Å². The summed E-state index contributed by atoms with van der Waals surface area (Å²) < 4.78 is 42.8. The van der Waals surface area contributed by atoms with Gasteiger partial charge in [0.05, 0.1) is 7.11 Å². The van der Waals surface area contributed by atoms with Crippen LogP contribution in [-0.2, 0) is 20.4 Å². The number of halogens is 2. The highest BCUT2D eigenvalue weighted by atomic mass is 32.2. The second-order valence-electron chi connectivity index (χ2n) is 7.59. The van der Waals surface area contributed by atoms with Crippen LogP contribution in [0.4, 0.5) is 8.78 Å². The standard InChI is InChI=1S/C14H14F2O2.C10H21NO3S/c1-4-13(15)12(7-9(2)17)11-6-5-10(18-3)8-14(11)16;1-4-5-6-7-8-10(2,15(3)14)9(12)11-13/h4-8H,1-3H3;13H,4-8H2,1-3H3,(H,11,12)/b12-7-,13-4+;. The van der Waals surface area contributed by atoms with E-state index in [0.717, 1.165) is 37.8 Å². The molecule has 2 N–H and O–H groups in total. The van der Waals surface area contributed by atoms with Gasteiger partial charge in [-0.05, 0) is 45.4 Å². The summed E-state index contributed by atoms with van der Waals surface area (Å²) >= 11 is 0. The first kappa shape index (κ1) is 30.6. The quantitative estimate of drug-likeness (QED) is 0.146. The lowest BCUT2D eigenvalue weighted by Crippen LogP contribution is -2.46. The lowest BCUT2D eigenvalue weighted by molar-refractivity contribution is -0.131.